The van der Waals surface area contributed by atoms with Crippen molar-refractivity contribution in [1.82, 2.24) is 0 Å². The molecular weight excluding hydrogens is 255 g/mol. The minimum Gasteiger partial charge on any atom is -0.409 e. The highest BCUT2D eigenvalue weighted by molar-refractivity contribution is 7.99. The molecule has 1 aromatic rings. The molecule has 100 valence electrons. The zero-order chi connectivity index (χ0) is 13.5. The lowest BCUT2D eigenvalue weighted by molar-refractivity contribution is 0.289. The number of nitrogens with zero attached hydrogens (tertiary/aromatic N) is 1. The molecule has 0 spiro atoms. The zero-order valence-electron chi connectivity index (χ0n) is 10.1. The molecule has 1 atom stereocenters. The summed E-state index contributed by atoms with van der Waals surface area (Å²) in [5.41, 5.74) is 6.30. The van der Waals surface area contributed by atoms with Crippen LogP contribution in [0.1, 0.15) is 24.5 Å². The van der Waals surface area contributed by atoms with Crippen LogP contribution in [0.4, 0.5) is 4.39 Å². The molecule has 0 amide bonds. The molecule has 18 heavy (non-hydrogen) atoms. The first-order chi connectivity index (χ1) is 8.58. The fourth-order valence-corrected chi connectivity index (χ4v) is 2.35. The Balaban J connectivity index is 2.68. The van der Waals surface area contributed by atoms with E-state index < -0.39 is 0 Å². The van der Waals surface area contributed by atoms with Crippen LogP contribution >= 0.6 is 11.8 Å². The molecule has 0 aliphatic carbocycles. The van der Waals surface area contributed by atoms with Crippen LogP contribution in [0, 0.1) is 5.82 Å². The van der Waals surface area contributed by atoms with E-state index in [0.717, 1.165) is 0 Å². The van der Waals surface area contributed by atoms with Crippen LogP contribution in [0.25, 0.3) is 0 Å². The van der Waals surface area contributed by atoms with Gasteiger partial charge in [-0.05, 0) is 18.1 Å². The molecule has 0 aliphatic rings. The Bertz CT molecular complexity index is 427. The highest BCUT2D eigenvalue weighted by Gasteiger charge is 2.08. The van der Waals surface area contributed by atoms with Gasteiger partial charge in [-0.25, -0.2) is 4.39 Å². The second-order valence-corrected chi connectivity index (χ2v) is 5.35. The van der Waals surface area contributed by atoms with Crippen molar-refractivity contribution >= 4 is 17.6 Å². The number of oxime groups is 1. The molecule has 0 saturated carbocycles. The summed E-state index contributed by atoms with van der Waals surface area (Å²) in [5.74, 6) is 0.0493. The Hall–Kier alpha value is -1.27. The molecule has 0 radical (unpaired) electrons. The molecule has 4 N–H and O–H groups in total. The number of halogens is 1. The van der Waals surface area contributed by atoms with Crippen molar-refractivity contribution in [1.29, 1.82) is 0 Å². The van der Waals surface area contributed by atoms with Crippen LogP contribution in [0.5, 0.6) is 0 Å². The normalized spacial score (nSPS) is 13.6. The third kappa shape index (κ3) is 4.19. The molecule has 1 rings (SSSR count). The third-order valence-corrected chi connectivity index (χ3v) is 3.80. The molecule has 0 fully saturated rings. The number of benzene rings is 1. The van der Waals surface area contributed by atoms with Gasteiger partial charge in [-0.2, -0.15) is 11.8 Å². The fraction of sp³-hybridized carbons (Fsp3) is 0.417. The maximum Gasteiger partial charge on any atom is 0.170 e. The van der Waals surface area contributed by atoms with Crippen LogP contribution in [0.2, 0.25) is 0 Å². The van der Waals surface area contributed by atoms with Gasteiger partial charge in [0, 0.05) is 23.2 Å². The van der Waals surface area contributed by atoms with E-state index >= 15 is 0 Å². The summed E-state index contributed by atoms with van der Waals surface area (Å²) >= 11 is 1.58. The van der Waals surface area contributed by atoms with Crippen LogP contribution < -0.4 is 5.73 Å². The van der Waals surface area contributed by atoms with Gasteiger partial charge >= 0.3 is 0 Å². The molecule has 1 unspecified atom stereocenters. The largest absolute Gasteiger partial charge is 0.409 e. The Kier molecular flexibility index (Phi) is 5.94. The first-order valence-corrected chi connectivity index (χ1v) is 6.62. The second kappa shape index (κ2) is 7.23. The predicted octanol–water partition coefficient (Wildman–Crippen LogP) is 1.92. The number of aliphatic hydroxyl groups is 1. The number of amidine groups is 1. The van der Waals surface area contributed by atoms with Gasteiger partial charge in [0.1, 0.15) is 5.82 Å². The minimum atomic E-state index is -0.372. The molecule has 0 aromatic heterocycles. The Morgan fingerprint density at radius 3 is 2.83 bits per heavy atom. The van der Waals surface area contributed by atoms with Crippen molar-refractivity contribution in [3.8, 4) is 0 Å². The SMILES string of the molecule is CC(CCO)SCc1ccc(C(N)=NO)cc1F. The minimum absolute atomic E-state index is 0.109. The van der Waals surface area contributed by atoms with Gasteiger partial charge in [0.15, 0.2) is 5.84 Å². The maximum absolute atomic E-state index is 13.7. The summed E-state index contributed by atoms with van der Waals surface area (Å²) in [6.07, 6.45) is 0.689. The summed E-state index contributed by atoms with van der Waals surface area (Å²) in [7, 11) is 0. The molecule has 4 nitrogen and oxygen atoms in total. The van der Waals surface area contributed by atoms with Gasteiger partial charge in [-0.15, -0.1) is 0 Å². The highest BCUT2D eigenvalue weighted by Crippen LogP contribution is 2.22. The van der Waals surface area contributed by atoms with E-state index in [0.29, 0.717) is 23.3 Å². The van der Waals surface area contributed by atoms with Crippen LogP contribution in [0.15, 0.2) is 23.4 Å². The van der Waals surface area contributed by atoms with Crippen LogP contribution in [-0.4, -0.2) is 28.0 Å². The summed E-state index contributed by atoms with van der Waals surface area (Å²) < 4.78 is 13.7. The van der Waals surface area contributed by atoms with Crippen molar-refractivity contribution in [2.45, 2.75) is 24.3 Å². The lowest BCUT2D eigenvalue weighted by Crippen LogP contribution is -2.13. The van der Waals surface area contributed by atoms with E-state index in [1.54, 1.807) is 23.9 Å². The van der Waals surface area contributed by atoms with E-state index in [-0.39, 0.29) is 23.5 Å². The third-order valence-electron chi connectivity index (χ3n) is 2.52. The maximum atomic E-state index is 13.7. The quantitative estimate of drug-likeness (QED) is 0.320. The Morgan fingerprint density at radius 2 is 2.28 bits per heavy atom. The molecule has 1 aromatic carbocycles. The zero-order valence-corrected chi connectivity index (χ0v) is 11.0. The average Bonchev–Trinajstić information content (AvgIpc) is 2.36. The van der Waals surface area contributed by atoms with Gasteiger partial charge in [0.25, 0.3) is 0 Å². The van der Waals surface area contributed by atoms with Crippen molar-refractivity contribution in [3.05, 3.63) is 35.1 Å². The van der Waals surface area contributed by atoms with Gasteiger partial charge in [-0.3, -0.25) is 0 Å². The molecule has 6 heteroatoms. The van der Waals surface area contributed by atoms with E-state index in [9.17, 15) is 4.39 Å². The highest BCUT2D eigenvalue weighted by atomic mass is 32.2. The average molecular weight is 272 g/mol. The summed E-state index contributed by atoms with van der Waals surface area (Å²) in [4.78, 5) is 0. The molecular formula is C12H17FN2O2S. The standard InChI is InChI=1S/C12H17FN2O2S/c1-8(4-5-16)18-7-10-3-2-9(6-11(10)13)12(14)15-17/h2-3,6,8,16-17H,4-5,7H2,1H3,(H2,14,15). The van der Waals surface area contributed by atoms with Crippen LogP contribution in [0.3, 0.4) is 0 Å². The number of rotatable bonds is 6. The van der Waals surface area contributed by atoms with Crippen molar-refractivity contribution in [2.75, 3.05) is 6.61 Å². The summed E-state index contributed by atoms with van der Waals surface area (Å²) in [5, 5.41) is 20.4. The molecule has 0 heterocycles. The number of hydrogen-bond acceptors (Lipinski definition) is 4. The molecule has 0 bridgehead atoms. The number of aliphatic hydroxyl groups excluding tert-OH is 1. The van der Waals surface area contributed by atoms with Crippen LogP contribution in [-0.2, 0) is 5.75 Å². The fourth-order valence-electron chi connectivity index (χ4n) is 1.38. The van der Waals surface area contributed by atoms with Crippen molar-refractivity contribution in [3.63, 3.8) is 0 Å². The first kappa shape index (κ1) is 14.8. The summed E-state index contributed by atoms with van der Waals surface area (Å²) in [6, 6.07) is 4.49. The number of thioether (sulfide) groups is 1. The van der Waals surface area contributed by atoms with Gasteiger partial charge in [0.2, 0.25) is 0 Å². The number of hydrogen-bond donors (Lipinski definition) is 3. The Labute approximate surface area is 110 Å². The summed E-state index contributed by atoms with van der Waals surface area (Å²) in [6.45, 7) is 2.13. The van der Waals surface area contributed by atoms with Crippen molar-refractivity contribution < 1.29 is 14.7 Å². The second-order valence-electron chi connectivity index (χ2n) is 3.93. The van der Waals surface area contributed by atoms with E-state index in [4.69, 9.17) is 16.0 Å². The number of nitrogens with two attached hydrogens (primary N) is 1. The Morgan fingerprint density at radius 1 is 1.56 bits per heavy atom. The van der Waals surface area contributed by atoms with Crippen molar-refractivity contribution in [2.24, 2.45) is 10.9 Å². The topological polar surface area (TPSA) is 78.8 Å². The van der Waals surface area contributed by atoms with E-state index in [1.165, 1.54) is 6.07 Å². The van der Waals surface area contributed by atoms with E-state index in [1.807, 2.05) is 6.92 Å². The van der Waals surface area contributed by atoms with E-state index in [2.05, 4.69) is 5.16 Å². The lowest BCUT2D eigenvalue weighted by Gasteiger charge is -2.10. The molecule has 0 aliphatic heterocycles. The van der Waals surface area contributed by atoms with Gasteiger partial charge in [-0.1, -0.05) is 24.2 Å². The van der Waals surface area contributed by atoms with Gasteiger partial charge < -0.3 is 16.0 Å². The first-order valence-electron chi connectivity index (χ1n) is 5.57. The van der Waals surface area contributed by atoms with Gasteiger partial charge in [0.05, 0.1) is 0 Å². The smallest absolute Gasteiger partial charge is 0.170 e. The molecule has 0 saturated heterocycles. The monoisotopic (exact) mass is 272 g/mol. The lowest BCUT2D eigenvalue weighted by atomic mass is 10.1. The predicted molar refractivity (Wildman–Crippen MR) is 71.4 cm³/mol.